The summed E-state index contributed by atoms with van der Waals surface area (Å²) in [7, 11) is 0. The van der Waals surface area contributed by atoms with Gasteiger partial charge in [0.05, 0.1) is 10.2 Å². The van der Waals surface area contributed by atoms with Gasteiger partial charge in [-0.25, -0.2) is 0 Å². The third-order valence-electron chi connectivity index (χ3n) is 2.13. The number of amides is 1. The van der Waals surface area contributed by atoms with Crippen molar-refractivity contribution in [2.24, 2.45) is 0 Å². The van der Waals surface area contributed by atoms with Crippen LogP contribution in [-0.2, 0) is 0 Å². The summed E-state index contributed by atoms with van der Waals surface area (Å²) in [5, 5.41) is 12.0. The van der Waals surface area contributed by atoms with Gasteiger partial charge >= 0.3 is 0 Å². The van der Waals surface area contributed by atoms with Crippen molar-refractivity contribution in [3.8, 4) is 5.75 Å². The van der Waals surface area contributed by atoms with Crippen LogP contribution in [-0.4, -0.2) is 16.0 Å². The highest BCUT2D eigenvalue weighted by molar-refractivity contribution is 9.10. The lowest BCUT2D eigenvalue weighted by Gasteiger charge is -2.06. The number of pyridine rings is 1. The zero-order valence-corrected chi connectivity index (χ0v) is 10.3. The van der Waals surface area contributed by atoms with E-state index in [0.717, 1.165) is 0 Å². The van der Waals surface area contributed by atoms with Crippen molar-refractivity contribution >= 4 is 27.5 Å². The number of nitrogens with zero attached hydrogens (tertiary/aromatic N) is 1. The first-order chi connectivity index (χ1) is 8.16. The van der Waals surface area contributed by atoms with Gasteiger partial charge in [0.1, 0.15) is 5.75 Å². The highest BCUT2D eigenvalue weighted by Gasteiger charge is 2.08. The minimum atomic E-state index is -0.284. The Hall–Kier alpha value is -1.88. The quantitative estimate of drug-likeness (QED) is 0.895. The lowest BCUT2D eigenvalue weighted by molar-refractivity contribution is 0.102. The number of carbonyl (C=O) groups is 1. The van der Waals surface area contributed by atoms with E-state index in [4.69, 9.17) is 0 Å². The van der Waals surface area contributed by atoms with Gasteiger partial charge in [0.2, 0.25) is 0 Å². The van der Waals surface area contributed by atoms with Crippen LogP contribution in [0.15, 0.2) is 47.2 Å². The maximum absolute atomic E-state index is 11.9. The molecule has 0 radical (unpaired) electrons. The van der Waals surface area contributed by atoms with E-state index in [1.807, 2.05) is 0 Å². The predicted molar refractivity (Wildman–Crippen MR) is 68.0 cm³/mol. The van der Waals surface area contributed by atoms with Crippen LogP contribution >= 0.6 is 15.9 Å². The van der Waals surface area contributed by atoms with Crippen LogP contribution in [0.1, 0.15) is 10.4 Å². The summed E-state index contributed by atoms with van der Waals surface area (Å²) >= 11 is 3.29. The van der Waals surface area contributed by atoms with Gasteiger partial charge < -0.3 is 10.4 Å². The number of aromatic hydroxyl groups is 1. The Morgan fingerprint density at radius 1 is 1.35 bits per heavy atom. The van der Waals surface area contributed by atoms with Crippen molar-refractivity contribution in [3.63, 3.8) is 0 Å². The lowest BCUT2D eigenvalue weighted by atomic mass is 10.2. The van der Waals surface area contributed by atoms with E-state index in [1.54, 1.807) is 30.6 Å². The number of phenolic OH excluding ortho intramolecular Hbond substituents is 1. The van der Waals surface area contributed by atoms with E-state index in [-0.39, 0.29) is 11.7 Å². The summed E-state index contributed by atoms with van der Waals surface area (Å²) < 4.78 is 0.702. The average molecular weight is 293 g/mol. The first kappa shape index (κ1) is 11.6. The number of nitrogens with one attached hydrogen (secondary N) is 1. The summed E-state index contributed by atoms with van der Waals surface area (Å²) in [4.78, 5) is 15.8. The second-order valence-electron chi connectivity index (χ2n) is 3.36. The fourth-order valence-corrected chi connectivity index (χ4v) is 1.67. The summed E-state index contributed by atoms with van der Waals surface area (Å²) in [5.74, 6) is -0.223. The maximum Gasteiger partial charge on any atom is 0.255 e. The van der Waals surface area contributed by atoms with Crippen molar-refractivity contribution in [1.29, 1.82) is 0 Å². The number of anilines is 1. The van der Waals surface area contributed by atoms with Crippen molar-refractivity contribution in [1.82, 2.24) is 4.98 Å². The Labute approximate surface area is 106 Å². The topological polar surface area (TPSA) is 62.2 Å². The molecule has 5 heteroatoms. The average Bonchev–Trinajstić information content (AvgIpc) is 2.32. The molecule has 0 fully saturated rings. The SMILES string of the molecule is O=C(Nc1ccncc1Br)c1cccc(O)c1. The molecule has 2 rings (SSSR count). The van der Waals surface area contributed by atoms with Gasteiger partial charge in [-0.2, -0.15) is 0 Å². The normalized spacial score (nSPS) is 9.94. The van der Waals surface area contributed by atoms with Crippen molar-refractivity contribution in [2.75, 3.05) is 5.32 Å². The maximum atomic E-state index is 11.9. The smallest absolute Gasteiger partial charge is 0.255 e. The van der Waals surface area contributed by atoms with Crippen LogP contribution in [0.25, 0.3) is 0 Å². The van der Waals surface area contributed by atoms with Crippen molar-refractivity contribution in [2.45, 2.75) is 0 Å². The molecule has 86 valence electrons. The molecule has 2 aromatic rings. The van der Waals surface area contributed by atoms with Crippen LogP contribution < -0.4 is 5.32 Å². The van der Waals surface area contributed by atoms with E-state index in [0.29, 0.717) is 15.7 Å². The number of benzene rings is 1. The molecule has 1 aromatic carbocycles. The summed E-state index contributed by atoms with van der Waals surface area (Å²) in [6, 6.07) is 7.85. The Morgan fingerprint density at radius 3 is 2.88 bits per heavy atom. The highest BCUT2D eigenvalue weighted by Crippen LogP contribution is 2.21. The van der Waals surface area contributed by atoms with E-state index in [2.05, 4.69) is 26.2 Å². The third kappa shape index (κ3) is 2.82. The Balaban J connectivity index is 2.20. The highest BCUT2D eigenvalue weighted by atomic mass is 79.9. The molecule has 0 unspecified atom stereocenters. The Bertz CT molecular complexity index is 558. The van der Waals surface area contributed by atoms with E-state index < -0.39 is 0 Å². The molecule has 1 amide bonds. The molecule has 0 bridgehead atoms. The summed E-state index contributed by atoms with van der Waals surface area (Å²) in [6.07, 6.45) is 3.18. The number of hydrogen-bond acceptors (Lipinski definition) is 3. The van der Waals surface area contributed by atoms with Crippen LogP contribution in [0, 0.1) is 0 Å². The second kappa shape index (κ2) is 4.97. The van der Waals surface area contributed by atoms with E-state index >= 15 is 0 Å². The van der Waals surface area contributed by atoms with Gasteiger partial charge in [-0.1, -0.05) is 6.07 Å². The van der Waals surface area contributed by atoms with Gasteiger partial charge in [-0.15, -0.1) is 0 Å². The van der Waals surface area contributed by atoms with Crippen LogP contribution in [0.3, 0.4) is 0 Å². The van der Waals surface area contributed by atoms with Gasteiger partial charge in [-0.05, 0) is 40.2 Å². The fraction of sp³-hybridized carbons (Fsp3) is 0. The fourth-order valence-electron chi connectivity index (χ4n) is 1.32. The van der Waals surface area contributed by atoms with Crippen LogP contribution in [0.2, 0.25) is 0 Å². The molecule has 0 aliphatic heterocycles. The molecule has 0 saturated heterocycles. The standard InChI is InChI=1S/C12H9BrN2O2/c13-10-7-14-5-4-11(10)15-12(17)8-2-1-3-9(16)6-8/h1-7,16H,(H,14,15,17). The molecule has 2 N–H and O–H groups in total. The molecular weight excluding hydrogens is 284 g/mol. The first-order valence-corrected chi connectivity index (χ1v) is 5.66. The largest absolute Gasteiger partial charge is 0.508 e. The second-order valence-corrected chi connectivity index (χ2v) is 4.21. The number of rotatable bonds is 2. The minimum Gasteiger partial charge on any atom is -0.508 e. The van der Waals surface area contributed by atoms with Gasteiger partial charge in [0.15, 0.2) is 0 Å². The van der Waals surface area contributed by atoms with Crippen molar-refractivity contribution < 1.29 is 9.90 Å². The Morgan fingerprint density at radius 2 is 2.18 bits per heavy atom. The van der Waals surface area contributed by atoms with Crippen molar-refractivity contribution in [3.05, 3.63) is 52.8 Å². The summed E-state index contributed by atoms with van der Waals surface area (Å²) in [6.45, 7) is 0. The monoisotopic (exact) mass is 292 g/mol. The van der Waals surface area contributed by atoms with Gasteiger partial charge in [0, 0.05) is 18.0 Å². The molecule has 0 spiro atoms. The third-order valence-corrected chi connectivity index (χ3v) is 2.76. The molecule has 0 saturated carbocycles. The zero-order valence-electron chi connectivity index (χ0n) is 8.72. The van der Waals surface area contributed by atoms with E-state index in [9.17, 15) is 9.90 Å². The number of aromatic nitrogens is 1. The number of halogens is 1. The van der Waals surface area contributed by atoms with Crippen LogP contribution in [0.4, 0.5) is 5.69 Å². The predicted octanol–water partition coefficient (Wildman–Crippen LogP) is 2.80. The molecule has 0 aliphatic rings. The molecule has 1 aromatic heterocycles. The number of carbonyl (C=O) groups excluding carboxylic acids is 1. The van der Waals surface area contributed by atoms with Crippen LogP contribution in [0.5, 0.6) is 5.75 Å². The first-order valence-electron chi connectivity index (χ1n) is 4.87. The molecule has 1 heterocycles. The van der Waals surface area contributed by atoms with E-state index in [1.165, 1.54) is 12.1 Å². The molecule has 0 aliphatic carbocycles. The lowest BCUT2D eigenvalue weighted by Crippen LogP contribution is -2.12. The number of phenols is 1. The molecular formula is C12H9BrN2O2. The number of hydrogen-bond donors (Lipinski definition) is 2. The van der Waals surface area contributed by atoms with Gasteiger partial charge in [-0.3, -0.25) is 9.78 Å². The molecule has 4 nitrogen and oxygen atoms in total. The minimum absolute atomic E-state index is 0.0615. The molecule has 17 heavy (non-hydrogen) atoms. The zero-order chi connectivity index (χ0) is 12.3. The summed E-state index contributed by atoms with van der Waals surface area (Å²) in [5.41, 5.74) is 1.03. The van der Waals surface area contributed by atoms with Gasteiger partial charge in [0.25, 0.3) is 5.91 Å². The molecule has 0 atom stereocenters. The Kier molecular flexibility index (Phi) is 3.39.